The van der Waals surface area contributed by atoms with Gasteiger partial charge in [0.15, 0.2) is 0 Å². The lowest BCUT2D eigenvalue weighted by Crippen LogP contribution is -2.45. The molecular formula is C26H25Cl2FN2O4. The van der Waals surface area contributed by atoms with Gasteiger partial charge in [-0.1, -0.05) is 35.3 Å². The summed E-state index contributed by atoms with van der Waals surface area (Å²) in [5, 5.41) is 0.602. The normalized spacial score (nSPS) is 15.2. The average molecular weight is 519 g/mol. The van der Waals surface area contributed by atoms with Crippen LogP contribution < -0.4 is 0 Å². The van der Waals surface area contributed by atoms with Crippen molar-refractivity contribution < 1.29 is 23.1 Å². The number of furan rings is 1. The zero-order chi connectivity index (χ0) is 24.8. The maximum absolute atomic E-state index is 13.5. The molecular weight excluding hydrogens is 494 g/mol. The van der Waals surface area contributed by atoms with Gasteiger partial charge < -0.3 is 19.0 Å². The lowest BCUT2D eigenvalue weighted by Gasteiger charge is -2.29. The molecule has 1 saturated heterocycles. The lowest BCUT2D eigenvalue weighted by atomic mass is 10.1. The van der Waals surface area contributed by atoms with Gasteiger partial charge in [-0.2, -0.15) is 0 Å². The number of hydrogen-bond donors (Lipinski definition) is 0. The van der Waals surface area contributed by atoms with Gasteiger partial charge in [0.25, 0.3) is 5.91 Å². The molecule has 4 rings (SSSR count). The van der Waals surface area contributed by atoms with Crippen molar-refractivity contribution in [3.05, 3.63) is 93.6 Å². The molecule has 2 amide bonds. The second-order valence-corrected chi connectivity index (χ2v) is 9.22. The number of carbonyl (C=O) groups is 2. The quantitative estimate of drug-likeness (QED) is 0.371. The van der Waals surface area contributed by atoms with E-state index in [4.69, 9.17) is 32.4 Å². The average Bonchev–Trinajstić information content (AvgIpc) is 3.55. The topological polar surface area (TPSA) is 63.0 Å². The van der Waals surface area contributed by atoms with Gasteiger partial charge in [-0.25, -0.2) is 4.39 Å². The highest BCUT2D eigenvalue weighted by Crippen LogP contribution is 2.24. The summed E-state index contributed by atoms with van der Waals surface area (Å²) < 4.78 is 24.6. The molecule has 0 spiro atoms. The molecule has 1 fully saturated rings. The highest BCUT2D eigenvalue weighted by atomic mass is 35.5. The van der Waals surface area contributed by atoms with E-state index in [0.29, 0.717) is 23.0 Å². The molecule has 0 radical (unpaired) electrons. The Morgan fingerprint density at radius 3 is 2.46 bits per heavy atom. The van der Waals surface area contributed by atoms with Crippen molar-refractivity contribution in [3.8, 4) is 0 Å². The smallest absolute Gasteiger partial charge is 0.254 e. The van der Waals surface area contributed by atoms with Crippen LogP contribution >= 0.6 is 23.2 Å². The number of ether oxygens (including phenoxy) is 1. The molecule has 184 valence electrons. The van der Waals surface area contributed by atoms with Crippen molar-refractivity contribution in [2.24, 2.45) is 0 Å². The third kappa shape index (κ3) is 6.84. The summed E-state index contributed by atoms with van der Waals surface area (Å²) in [4.78, 5) is 30.0. The third-order valence-corrected chi connectivity index (χ3v) is 6.53. The van der Waals surface area contributed by atoms with E-state index in [1.165, 1.54) is 29.4 Å². The third-order valence-electron chi connectivity index (χ3n) is 5.79. The largest absolute Gasteiger partial charge is 0.467 e. The van der Waals surface area contributed by atoms with Gasteiger partial charge in [0.1, 0.15) is 18.1 Å². The zero-order valence-corrected chi connectivity index (χ0v) is 20.5. The first-order chi connectivity index (χ1) is 16.9. The Morgan fingerprint density at radius 2 is 1.80 bits per heavy atom. The second kappa shape index (κ2) is 11.7. The predicted molar refractivity (Wildman–Crippen MR) is 131 cm³/mol. The maximum Gasteiger partial charge on any atom is 0.254 e. The van der Waals surface area contributed by atoms with Gasteiger partial charge in [0.05, 0.1) is 29.0 Å². The minimum atomic E-state index is -0.354. The van der Waals surface area contributed by atoms with Crippen LogP contribution in [-0.2, 0) is 22.6 Å². The zero-order valence-electron chi connectivity index (χ0n) is 19.0. The standard InChI is InChI=1S/C26H25Cl2FN2O4/c27-23-10-7-19(13-24(23)28)26(33)31(16-22-4-2-12-35-22)17-25(32)30(15-21-3-1-11-34-21)14-18-5-8-20(29)9-6-18/h1,3,5-11,13,22H,2,4,12,14-17H2. The summed E-state index contributed by atoms with van der Waals surface area (Å²) in [5.41, 5.74) is 1.09. The van der Waals surface area contributed by atoms with Crippen molar-refractivity contribution >= 4 is 35.0 Å². The Bertz CT molecular complexity index is 1150. The first-order valence-corrected chi connectivity index (χ1v) is 12.0. The number of amides is 2. The van der Waals surface area contributed by atoms with E-state index in [2.05, 4.69) is 0 Å². The Labute approximate surface area is 213 Å². The summed E-state index contributed by atoms with van der Waals surface area (Å²) in [6.45, 7) is 1.17. The molecule has 1 aliphatic rings. The summed E-state index contributed by atoms with van der Waals surface area (Å²) in [6.07, 6.45) is 3.10. The van der Waals surface area contributed by atoms with Gasteiger partial charge in [-0.15, -0.1) is 0 Å². The molecule has 0 saturated carbocycles. The van der Waals surface area contributed by atoms with Gasteiger partial charge in [0.2, 0.25) is 5.91 Å². The van der Waals surface area contributed by atoms with Crippen molar-refractivity contribution in [3.63, 3.8) is 0 Å². The SMILES string of the molecule is O=C(CN(CC1CCCO1)C(=O)c1ccc(Cl)c(Cl)c1)N(Cc1ccc(F)cc1)Cc1ccco1. The predicted octanol–water partition coefficient (Wildman–Crippen LogP) is 5.58. The minimum absolute atomic E-state index is 0.148. The van der Waals surface area contributed by atoms with E-state index in [0.717, 1.165) is 18.4 Å². The fourth-order valence-electron chi connectivity index (χ4n) is 3.96. The fraction of sp³-hybridized carbons (Fsp3) is 0.308. The molecule has 35 heavy (non-hydrogen) atoms. The first-order valence-electron chi connectivity index (χ1n) is 11.3. The van der Waals surface area contributed by atoms with Crippen LogP contribution in [0.4, 0.5) is 4.39 Å². The van der Waals surface area contributed by atoms with Crippen LogP contribution in [0.1, 0.15) is 34.5 Å². The number of halogens is 3. The van der Waals surface area contributed by atoms with Gasteiger partial charge in [0, 0.05) is 25.3 Å². The highest BCUT2D eigenvalue weighted by Gasteiger charge is 2.28. The molecule has 0 aliphatic carbocycles. The second-order valence-electron chi connectivity index (χ2n) is 8.41. The van der Waals surface area contributed by atoms with E-state index in [9.17, 15) is 14.0 Å². The minimum Gasteiger partial charge on any atom is -0.467 e. The molecule has 1 aromatic heterocycles. The van der Waals surface area contributed by atoms with Crippen LogP contribution in [0.25, 0.3) is 0 Å². The summed E-state index contributed by atoms with van der Waals surface area (Å²) in [6, 6.07) is 14.1. The summed E-state index contributed by atoms with van der Waals surface area (Å²) in [5.74, 6) is -0.376. The van der Waals surface area contributed by atoms with Crippen LogP contribution in [0.2, 0.25) is 10.0 Å². The number of hydrogen-bond acceptors (Lipinski definition) is 4. The Balaban J connectivity index is 1.56. The molecule has 1 atom stereocenters. The van der Waals surface area contributed by atoms with E-state index < -0.39 is 0 Å². The molecule has 6 nitrogen and oxygen atoms in total. The number of carbonyl (C=O) groups excluding carboxylic acids is 2. The van der Waals surface area contributed by atoms with Crippen molar-refractivity contribution in [1.82, 2.24) is 9.80 Å². The Morgan fingerprint density at radius 1 is 1.00 bits per heavy atom. The summed E-state index contributed by atoms with van der Waals surface area (Å²) >= 11 is 12.1. The Hall–Kier alpha value is -2.87. The maximum atomic E-state index is 13.5. The van der Waals surface area contributed by atoms with E-state index in [1.807, 2.05) is 0 Å². The van der Waals surface area contributed by atoms with E-state index in [-0.39, 0.29) is 54.9 Å². The van der Waals surface area contributed by atoms with Crippen molar-refractivity contribution in [2.75, 3.05) is 19.7 Å². The van der Waals surface area contributed by atoms with E-state index >= 15 is 0 Å². The highest BCUT2D eigenvalue weighted by molar-refractivity contribution is 6.42. The Kier molecular flexibility index (Phi) is 8.44. The molecule has 2 heterocycles. The van der Waals surface area contributed by atoms with Crippen LogP contribution in [0.5, 0.6) is 0 Å². The van der Waals surface area contributed by atoms with Crippen LogP contribution in [0.3, 0.4) is 0 Å². The van der Waals surface area contributed by atoms with Crippen molar-refractivity contribution in [1.29, 1.82) is 0 Å². The summed E-state index contributed by atoms with van der Waals surface area (Å²) in [7, 11) is 0. The number of rotatable bonds is 9. The molecule has 0 N–H and O–H groups in total. The molecule has 1 unspecified atom stereocenters. The molecule has 9 heteroatoms. The van der Waals surface area contributed by atoms with Crippen LogP contribution in [-0.4, -0.2) is 47.4 Å². The fourth-order valence-corrected chi connectivity index (χ4v) is 4.26. The molecule has 1 aliphatic heterocycles. The number of nitrogens with zero attached hydrogens (tertiary/aromatic N) is 2. The molecule has 3 aromatic rings. The molecule has 0 bridgehead atoms. The number of benzene rings is 2. The van der Waals surface area contributed by atoms with Gasteiger partial charge >= 0.3 is 0 Å². The van der Waals surface area contributed by atoms with Gasteiger partial charge in [-0.3, -0.25) is 9.59 Å². The van der Waals surface area contributed by atoms with Crippen LogP contribution in [0, 0.1) is 5.82 Å². The molecule has 2 aromatic carbocycles. The monoisotopic (exact) mass is 518 g/mol. The van der Waals surface area contributed by atoms with Crippen LogP contribution in [0.15, 0.2) is 65.3 Å². The van der Waals surface area contributed by atoms with Crippen molar-refractivity contribution in [2.45, 2.75) is 32.0 Å². The lowest BCUT2D eigenvalue weighted by molar-refractivity contribution is -0.133. The van der Waals surface area contributed by atoms with Gasteiger partial charge in [-0.05, 0) is 60.9 Å². The first kappa shape index (κ1) is 25.2. The van der Waals surface area contributed by atoms with E-state index in [1.54, 1.807) is 41.3 Å².